The van der Waals surface area contributed by atoms with E-state index in [0.717, 1.165) is 10.6 Å². The molecule has 8 nitrogen and oxygen atoms in total. The van der Waals surface area contributed by atoms with Gasteiger partial charge in [0.25, 0.3) is 0 Å². The highest BCUT2D eigenvalue weighted by molar-refractivity contribution is 7.18. The minimum absolute atomic E-state index is 0.166. The van der Waals surface area contributed by atoms with Gasteiger partial charge in [0.2, 0.25) is 5.13 Å². The molecule has 2 fully saturated rings. The van der Waals surface area contributed by atoms with E-state index >= 15 is 0 Å². The van der Waals surface area contributed by atoms with Gasteiger partial charge in [0.15, 0.2) is 5.79 Å². The molecule has 2 heterocycles. The summed E-state index contributed by atoms with van der Waals surface area (Å²) in [5, 5.41) is 25.3. The molecular formula is C18H22N4O4S. The van der Waals surface area contributed by atoms with E-state index in [-0.39, 0.29) is 6.54 Å². The number of carbonyl (C=O) groups excluding carboxylic acids is 1. The van der Waals surface area contributed by atoms with Crippen LogP contribution in [0.3, 0.4) is 0 Å². The summed E-state index contributed by atoms with van der Waals surface area (Å²) < 4.78 is 11.3. The van der Waals surface area contributed by atoms with Gasteiger partial charge in [-0.2, -0.15) is 0 Å². The molecule has 0 atom stereocenters. The number of carbonyl (C=O) groups is 1. The van der Waals surface area contributed by atoms with Crippen LogP contribution in [0.5, 0.6) is 0 Å². The van der Waals surface area contributed by atoms with Crippen LogP contribution in [-0.4, -0.2) is 52.5 Å². The zero-order chi connectivity index (χ0) is 18.7. The smallest absolute Gasteiger partial charge is 0.321 e. The number of ether oxygens (including phenoxy) is 2. The molecule has 2 amide bonds. The predicted octanol–water partition coefficient (Wildman–Crippen LogP) is 2.37. The Morgan fingerprint density at radius 3 is 2.52 bits per heavy atom. The van der Waals surface area contributed by atoms with Crippen molar-refractivity contribution in [2.45, 2.75) is 37.1 Å². The van der Waals surface area contributed by atoms with Crippen LogP contribution in [0.4, 0.5) is 9.93 Å². The van der Waals surface area contributed by atoms with Crippen molar-refractivity contribution in [2.24, 2.45) is 0 Å². The average Bonchev–Trinajstić information content (AvgIpc) is 3.34. The van der Waals surface area contributed by atoms with E-state index in [1.165, 1.54) is 11.3 Å². The second-order valence-electron chi connectivity index (χ2n) is 6.92. The quantitative estimate of drug-likeness (QED) is 0.740. The number of nitrogens with one attached hydrogen (secondary N) is 2. The Bertz CT molecular complexity index is 782. The fourth-order valence-corrected chi connectivity index (χ4v) is 4.16. The van der Waals surface area contributed by atoms with Crippen LogP contribution in [-0.2, 0) is 9.47 Å². The fraction of sp³-hybridized carbons (Fsp3) is 0.500. The molecule has 1 aromatic carbocycles. The van der Waals surface area contributed by atoms with Gasteiger partial charge in [-0.15, -0.1) is 10.2 Å². The molecule has 1 aromatic heterocycles. The molecule has 2 aliphatic rings. The second kappa shape index (κ2) is 7.51. The Morgan fingerprint density at radius 2 is 1.81 bits per heavy atom. The number of benzene rings is 1. The molecule has 1 saturated carbocycles. The zero-order valence-corrected chi connectivity index (χ0v) is 15.6. The first kappa shape index (κ1) is 18.3. The van der Waals surface area contributed by atoms with Crippen molar-refractivity contribution < 1.29 is 19.4 Å². The first-order chi connectivity index (χ1) is 13.1. The second-order valence-corrected chi connectivity index (χ2v) is 7.90. The first-order valence-electron chi connectivity index (χ1n) is 9.00. The van der Waals surface area contributed by atoms with E-state index in [9.17, 15) is 9.90 Å². The van der Waals surface area contributed by atoms with E-state index in [1.807, 2.05) is 30.3 Å². The third kappa shape index (κ3) is 4.27. The summed E-state index contributed by atoms with van der Waals surface area (Å²) in [6.07, 6.45) is 2.29. The molecule has 2 aromatic rings. The van der Waals surface area contributed by atoms with E-state index in [4.69, 9.17) is 9.47 Å². The molecule has 27 heavy (non-hydrogen) atoms. The standard InChI is InChI=1S/C18H22N4O4S/c23-15(20-16-22-21-14(27-16)13-4-2-1-3-5-13)19-12-17(24)6-8-18(9-7-17)25-10-11-26-18/h1-5,24H,6-12H2,(H2,19,20,22,23). The van der Waals surface area contributed by atoms with Gasteiger partial charge in [0.1, 0.15) is 5.01 Å². The van der Waals surface area contributed by atoms with Gasteiger partial charge in [-0.1, -0.05) is 41.7 Å². The third-order valence-electron chi connectivity index (χ3n) is 5.00. The van der Waals surface area contributed by atoms with Crippen LogP contribution >= 0.6 is 11.3 Å². The summed E-state index contributed by atoms with van der Waals surface area (Å²) in [6, 6.07) is 9.24. The Morgan fingerprint density at radius 1 is 1.11 bits per heavy atom. The molecule has 1 aliphatic heterocycles. The molecule has 0 unspecified atom stereocenters. The van der Waals surface area contributed by atoms with Gasteiger partial charge in [0, 0.05) is 24.9 Å². The summed E-state index contributed by atoms with van der Waals surface area (Å²) in [5.41, 5.74) is -0.000861. The lowest BCUT2D eigenvalue weighted by atomic mass is 9.81. The Balaban J connectivity index is 1.27. The fourth-order valence-electron chi connectivity index (χ4n) is 3.42. The van der Waals surface area contributed by atoms with Gasteiger partial charge in [-0.3, -0.25) is 5.32 Å². The third-order valence-corrected chi connectivity index (χ3v) is 5.89. The molecule has 1 spiro atoms. The van der Waals surface area contributed by atoms with E-state index in [1.54, 1.807) is 0 Å². The lowest BCUT2D eigenvalue weighted by molar-refractivity contribution is -0.201. The van der Waals surface area contributed by atoms with Crippen LogP contribution in [0.1, 0.15) is 25.7 Å². The number of hydrogen-bond donors (Lipinski definition) is 3. The number of aromatic nitrogens is 2. The minimum atomic E-state index is -0.950. The van der Waals surface area contributed by atoms with Gasteiger partial charge >= 0.3 is 6.03 Å². The maximum Gasteiger partial charge on any atom is 0.321 e. The molecule has 1 aliphatic carbocycles. The highest BCUT2D eigenvalue weighted by atomic mass is 32.1. The highest BCUT2D eigenvalue weighted by Crippen LogP contribution is 2.40. The van der Waals surface area contributed by atoms with Crippen LogP contribution in [0.2, 0.25) is 0 Å². The van der Waals surface area contributed by atoms with Crippen molar-refractivity contribution in [3.8, 4) is 10.6 Å². The van der Waals surface area contributed by atoms with Crippen molar-refractivity contribution in [3.05, 3.63) is 30.3 Å². The number of hydrogen-bond acceptors (Lipinski definition) is 7. The van der Waals surface area contributed by atoms with E-state index in [2.05, 4.69) is 20.8 Å². The van der Waals surface area contributed by atoms with Gasteiger partial charge in [0.05, 0.1) is 18.8 Å². The average molecular weight is 390 g/mol. The first-order valence-corrected chi connectivity index (χ1v) is 9.82. The van der Waals surface area contributed by atoms with E-state index < -0.39 is 17.4 Å². The number of nitrogens with zero attached hydrogens (tertiary/aromatic N) is 2. The summed E-state index contributed by atoms with van der Waals surface area (Å²) in [5.74, 6) is -0.533. The van der Waals surface area contributed by atoms with Crippen LogP contribution in [0, 0.1) is 0 Å². The lowest BCUT2D eigenvalue weighted by Gasteiger charge is -2.40. The Kier molecular flexibility index (Phi) is 5.09. The van der Waals surface area contributed by atoms with Crippen molar-refractivity contribution in [1.29, 1.82) is 0 Å². The van der Waals surface area contributed by atoms with Gasteiger partial charge in [-0.25, -0.2) is 4.79 Å². The summed E-state index contributed by atoms with van der Waals surface area (Å²) in [4.78, 5) is 12.1. The number of rotatable bonds is 4. The van der Waals surface area contributed by atoms with Crippen molar-refractivity contribution in [2.75, 3.05) is 25.1 Å². The summed E-state index contributed by atoms with van der Waals surface area (Å²) in [7, 11) is 0. The highest BCUT2D eigenvalue weighted by Gasteiger charge is 2.45. The number of urea groups is 1. The predicted molar refractivity (Wildman–Crippen MR) is 100 cm³/mol. The molecule has 1 saturated heterocycles. The molecule has 4 rings (SSSR count). The lowest BCUT2D eigenvalue weighted by Crippen LogP contribution is -2.50. The topological polar surface area (TPSA) is 106 Å². The minimum Gasteiger partial charge on any atom is -0.388 e. The van der Waals surface area contributed by atoms with Gasteiger partial charge in [-0.05, 0) is 12.8 Å². The summed E-state index contributed by atoms with van der Waals surface area (Å²) in [6.45, 7) is 1.37. The maximum absolute atomic E-state index is 12.1. The van der Waals surface area contributed by atoms with Crippen LogP contribution < -0.4 is 10.6 Å². The number of aliphatic hydroxyl groups is 1. The van der Waals surface area contributed by atoms with Crippen molar-refractivity contribution >= 4 is 22.5 Å². The summed E-state index contributed by atoms with van der Waals surface area (Å²) >= 11 is 1.30. The maximum atomic E-state index is 12.1. The van der Waals surface area contributed by atoms with Crippen LogP contribution in [0.15, 0.2) is 30.3 Å². The normalized spacial score (nSPS) is 20.5. The monoisotopic (exact) mass is 390 g/mol. The molecule has 0 bridgehead atoms. The molecule has 0 radical (unpaired) electrons. The van der Waals surface area contributed by atoms with Crippen LogP contribution in [0.25, 0.3) is 10.6 Å². The Hall–Kier alpha value is -2.07. The number of anilines is 1. The SMILES string of the molecule is O=C(NCC1(O)CCC2(CC1)OCCO2)Nc1nnc(-c2ccccc2)s1. The van der Waals surface area contributed by atoms with Crippen molar-refractivity contribution in [3.63, 3.8) is 0 Å². The molecule has 3 N–H and O–H groups in total. The largest absolute Gasteiger partial charge is 0.388 e. The van der Waals surface area contributed by atoms with Crippen molar-refractivity contribution in [1.82, 2.24) is 15.5 Å². The molecular weight excluding hydrogens is 368 g/mol. The molecule has 144 valence electrons. The van der Waals surface area contributed by atoms with Gasteiger partial charge < -0.3 is 19.9 Å². The van der Waals surface area contributed by atoms with E-state index in [0.29, 0.717) is 44.0 Å². The molecule has 9 heteroatoms. The Labute approximate surface area is 160 Å². The zero-order valence-electron chi connectivity index (χ0n) is 14.8. The number of amides is 2.